The van der Waals surface area contributed by atoms with Crippen LogP contribution in [-0.4, -0.2) is 20.7 Å². The molecule has 0 radical (unpaired) electrons. The molecule has 0 amide bonds. The van der Waals surface area contributed by atoms with Crippen molar-refractivity contribution in [2.24, 2.45) is 0 Å². The Labute approximate surface area is 254 Å². The van der Waals surface area contributed by atoms with Crippen LogP contribution in [0.15, 0.2) is 152 Å². The van der Waals surface area contributed by atoms with Crippen molar-refractivity contribution in [1.82, 2.24) is 0 Å². The summed E-state index contributed by atoms with van der Waals surface area (Å²) in [5, 5.41) is 6.91. The fourth-order valence-corrected chi connectivity index (χ4v) is 14.9. The van der Waals surface area contributed by atoms with E-state index >= 15 is 0 Å². The van der Waals surface area contributed by atoms with Gasteiger partial charge in [0.05, 0.1) is 0 Å². The second-order valence-electron chi connectivity index (χ2n) is 11.9. The molecule has 0 bridgehead atoms. The number of hydrogen-bond acceptors (Lipinski definition) is 1. The molecule has 3 heteroatoms. The van der Waals surface area contributed by atoms with Gasteiger partial charge in [0.25, 0.3) is 8.32 Å². The normalized spacial score (nSPS) is 12.2. The molecule has 0 heterocycles. The van der Waals surface area contributed by atoms with Crippen molar-refractivity contribution in [3.63, 3.8) is 0 Å². The molecule has 0 aliphatic rings. The molecule has 5 rings (SSSR count). The molecule has 214 valence electrons. The van der Waals surface area contributed by atoms with Gasteiger partial charge >= 0.3 is 0 Å². The van der Waals surface area contributed by atoms with Crippen LogP contribution in [0.25, 0.3) is 0 Å². The van der Waals surface area contributed by atoms with Gasteiger partial charge in [-0.1, -0.05) is 178 Å². The van der Waals surface area contributed by atoms with E-state index in [-0.39, 0.29) is 5.04 Å². The average molecular weight is 587 g/mol. The fourth-order valence-electron chi connectivity index (χ4n) is 6.27. The lowest BCUT2D eigenvalue weighted by molar-refractivity contribution is 0.289. The molecule has 42 heavy (non-hydrogen) atoms. The highest BCUT2D eigenvalue weighted by atomic mass is 31.2. The first-order valence-electron chi connectivity index (χ1n) is 15.1. The Kier molecular flexibility index (Phi) is 9.80. The Balaban J connectivity index is 1.44. The zero-order chi connectivity index (χ0) is 29.3. The molecule has 0 aliphatic heterocycles. The number of unbranched alkanes of at least 4 members (excludes halogenated alkanes) is 2. The van der Waals surface area contributed by atoms with Gasteiger partial charge in [0, 0.05) is 6.61 Å². The average Bonchev–Trinajstić information content (AvgIpc) is 3.04. The van der Waals surface area contributed by atoms with Gasteiger partial charge in [-0.25, -0.2) is 0 Å². The van der Waals surface area contributed by atoms with Crippen LogP contribution in [0.3, 0.4) is 0 Å². The smallest absolute Gasteiger partial charge is 0.261 e. The Bertz CT molecular complexity index is 1420. The minimum Gasteiger partial charge on any atom is -0.407 e. The van der Waals surface area contributed by atoms with Crippen molar-refractivity contribution >= 4 is 47.3 Å². The van der Waals surface area contributed by atoms with Gasteiger partial charge in [-0.15, -0.1) is 0 Å². The van der Waals surface area contributed by atoms with E-state index in [2.05, 4.69) is 178 Å². The number of benzene rings is 5. The summed E-state index contributed by atoms with van der Waals surface area (Å²) in [7, 11) is -2.51. The summed E-state index contributed by atoms with van der Waals surface area (Å²) >= 11 is 0. The van der Waals surface area contributed by atoms with E-state index in [9.17, 15) is 0 Å². The first kappa shape index (κ1) is 30.0. The van der Waals surface area contributed by atoms with Crippen LogP contribution >= 0.6 is 6.89 Å². The van der Waals surface area contributed by atoms with Crippen molar-refractivity contribution < 1.29 is 4.43 Å². The van der Waals surface area contributed by atoms with Crippen LogP contribution in [0, 0.1) is 0 Å². The molecule has 0 aliphatic carbocycles. The fraction of sp³-hybridized carbons (Fsp3) is 0.205. The monoisotopic (exact) mass is 586 g/mol. The summed E-state index contributed by atoms with van der Waals surface area (Å²) in [4.78, 5) is 0. The maximum absolute atomic E-state index is 7.19. The Morgan fingerprint density at radius 1 is 0.524 bits per heavy atom. The van der Waals surface area contributed by atoms with E-state index in [1.165, 1.54) is 26.3 Å². The molecule has 0 saturated carbocycles. The number of rotatable bonds is 11. The molecular weight excluding hydrogens is 543 g/mol. The third kappa shape index (κ3) is 6.18. The summed E-state index contributed by atoms with van der Waals surface area (Å²) in [6.07, 6.45) is 3.16. The predicted octanol–water partition coefficient (Wildman–Crippen LogP) is 7.53. The van der Waals surface area contributed by atoms with E-state index in [0.717, 1.165) is 25.9 Å². The molecule has 0 atom stereocenters. The van der Waals surface area contributed by atoms with Crippen LogP contribution in [0.5, 0.6) is 0 Å². The largest absolute Gasteiger partial charge is 0.407 e. The van der Waals surface area contributed by atoms with Gasteiger partial charge in [0.15, 0.2) is 0 Å². The first-order chi connectivity index (χ1) is 20.5. The van der Waals surface area contributed by atoms with Gasteiger partial charge < -0.3 is 4.43 Å². The standard InChI is InChI=1S/C39H43OPSi/c1-39(2,3)42(37-28-16-7-17-29-37,38-30-18-8-19-31-38)40-32-20-9-21-33-41(34-22-10-4-11-23-34,35-24-12-5-13-25-35)36-26-14-6-15-27-36/h4-8,10-19,22-31,33H,9,20-21,32H2,1-3H3. The van der Waals surface area contributed by atoms with Crippen molar-refractivity contribution in [3.05, 3.63) is 152 Å². The van der Waals surface area contributed by atoms with Gasteiger partial charge in [-0.3, -0.25) is 0 Å². The lowest BCUT2D eigenvalue weighted by atomic mass is 10.2. The van der Waals surface area contributed by atoms with E-state index in [1.807, 2.05) is 0 Å². The van der Waals surface area contributed by atoms with Crippen LogP contribution in [0.4, 0.5) is 0 Å². The lowest BCUT2D eigenvalue weighted by Gasteiger charge is -2.43. The van der Waals surface area contributed by atoms with Crippen LogP contribution < -0.4 is 26.3 Å². The summed E-state index contributed by atoms with van der Waals surface area (Å²) in [5.41, 5.74) is 0. The molecule has 0 saturated heterocycles. The first-order valence-corrected chi connectivity index (χ1v) is 18.9. The maximum Gasteiger partial charge on any atom is 0.261 e. The van der Waals surface area contributed by atoms with Gasteiger partial charge in [0.1, 0.15) is 0 Å². The van der Waals surface area contributed by atoms with Gasteiger partial charge in [0.2, 0.25) is 0 Å². The lowest BCUT2D eigenvalue weighted by Crippen LogP contribution is -2.66. The molecule has 5 aromatic rings. The summed E-state index contributed by atoms with van der Waals surface area (Å²) < 4.78 is 7.19. The molecule has 1 nitrogen and oxygen atoms in total. The van der Waals surface area contributed by atoms with E-state index in [0.29, 0.717) is 0 Å². The minimum atomic E-state index is -2.51. The summed E-state index contributed by atoms with van der Waals surface area (Å²) in [6.45, 7) is 5.90. The third-order valence-electron chi connectivity index (χ3n) is 8.23. The predicted molar refractivity (Wildman–Crippen MR) is 189 cm³/mol. The highest BCUT2D eigenvalue weighted by Gasteiger charge is 2.49. The Morgan fingerprint density at radius 3 is 1.24 bits per heavy atom. The van der Waals surface area contributed by atoms with Crippen molar-refractivity contribution in [3.8, 4) is 0 Å². The highest BCUT2D eigenvalue weighted by molar-refractivity contribution is 7.94. The van der Waals surface area contributed by atoms with Crippen molar-refractivity contribution in [2.45, 2.75) is 45.1 Å². The van der Waals surface area contributed by atoms with E-state index < -0.39 is 15.2 Å². The maximum atomic E-state index is 7.19. The molecule has 0 fully saturated rings. The van der Waals surface area contributed by atoms with Crippen LogP contribution in [0.2, 0.25) is 5.04 Å². The van der Waals surface area contributed by atoms with Crippen molar-refractivity contribution in [1.29, 1.82) is 0 Å². The van der Waals surface area contributed by atoms with Gasteiger partial charge in [-0.2, -0.15) is 0 Å². The van der Waals surface area contributed by atoms with E-state index in [4.69, 9.17) is 4.43 Å². The molecule has 0 aromatic heterocycles. The second kappa shape index (κ2) is 13.7. The zero-order valence-corrected chi connectivity index (χ0v) is 27.1. The van der Waals surface area contributed by atoms with Crippen LogP contribution in [0.1, 0.15) is 40.0 Å². The Hall–Kier alpha value is -3.42. The zero-order valence-electron chi connectivity index (χ0n) is 25.2. The topological polar surface area (TPSA) is 9.23 Å². The number of hydrogen-bond donors (Lipinski definition) is 0. The van der Waals surface area contributed by atoms with Gasteiger partial charge in [-0.05, 0) is 57.5 Å². The SMILES string of the molecule is CC(C)(C)[Si](OCCCCC=P(c1ccccc1)(c1ccccc1)c1ccccc1)(c1ccccc1)c1ccccc1. The summed E-state index contributed by atoms with van der Waals surface area (Å²) in [5.74, 6) is 2.65. The minimum absolute atomic E-state index is 0.00353. The van der Waals surface area contributed by atoms with E-state index in [1.54, 1.807) is 0 Å². The Morgan fingerprint density at radius 2 is 0.881 bits per heavy atom. The van der Waals surface area contributed by atoms with Crippen molar-refractivity contribution in [2.75, 3.05) is 6.61 Å². The third-order valence-corrected chi connectivity index (χ3v) is 17.4. The molecular formula is C39H43OPSi. The highest BCUT2D eigenvalue weighted by Crippen LogP contribution is 2.44. The summed E-state index contributed by atoms with van der Waals surface area (Å²) in [6, 6.07) is 55.3. The quantitative estimate of drug-likeness (QED) is 0.0883. The van der Waals surface area contributed by atoms with Crippen LogP contribution in [-0.2, 0) is 4.43 Å². The second-order valence-corrected chi connectivity index (χ2v) is 19.6. The molecule has 0 N–H and O–H groups in total. The molecule has 0 spiro atoms. The molecule has 5 aromatic carbocycles. The molecule has 0 unspecified atom stereocenters.